The van der Waals surface area contributed by atoms with Crippen LogP contribution in [0.5, 0.6) is 11.6 Å². The van der Waals surface area contributed by atoms with Crippen LogP contribution in [0, 0.1) is 10.1 Å². The van der Waals surface area contributed by atoms with Crippen LogP contribution in [0.3, 0.4) is 0 Å². The lowest BCUT2D eigenvalue weighted by atomic mass is 10.3. The summed E-state index contributed by atoms with van der Waals surface area (Å²) in [6.45, 7) is 0. The second-order valence-corrected chi connectivity index (χ2v) is 3.18. The number of pyridine rings is 1. The molecule has 1 rings (SSSR count). The van der Waals surface area contributed by atoms with Crippen LogP contribution in [0.25, 0.3) is 0 Å². The van der Waals surface area contributed by atoms with E-state index >= 15 is 0 Å². The molecule has 1 aromatic rings. The second-order valence-electron chi connectivity index (χ2n) is 2.92. The second kappa shape index (κ2) is 5.25. The topological polar surface area (TPSA) is 74.5 Å². The molecule has 0 saturated carbocycles. The molecule has 1 aromatic heterocycles. The Morgan fingerprint density at radius 2 is 2.17 bits per heavy atom. The third kappa shape index (κ3) is 3.36. The first-order chi connectivity index (χ1) is 8.28. The van der Waals surface area contributed by atoms with Gasteiger partial charge < -0.3 is 19.6 Å². The fraction of sp³-hybridized carbons (Fsp3) is 0.375. The van der Waals surface area contributed by atoms with Crippen LogP contribution in [0.4, 0.5) is 19.0 Å². The Bertz CT molecular complexity index is 466. The van der Waals surface area contributed by atoms with Crippen molar-refractivity contribution in [3.05, 3.63) is 21.7 Å². The molecule has 0 amide bonds. The number of alkyl halides is 4. The molecule has 0 aliphatic carbocycles. The first-order valence-corrected chi connectivity index (χ1v) is 4.86. The maximum Gasteiger partial charge on any atom is 0.573 e. The van der Waals surface area contributed by atoms with E-state index in [9.17, 15) is 23.3 Å². The quantitative estimate of drug-likeness (QED) is 0.483. The lowest BCUT2D eigenvalue weighted by molar-refractivity contribution is -0.393. The largest absolute Gasteiger partial charge is 0.573 e. The molecule has 0 atom stereocenters. The zero-order valence-electron chi connectivity index (χ0n) is 8.82. The van der Waals surface area contributed by atoms with Crippen molar-refractivity contribution in [2.24, 2.45) is 0 Å². The SMILES string of the molecule is COc1nc([N+](=O)[O-])c(OC(F)(F)F)cc1CCl. The van der Waals surface area contributed by atoms with Gasteiger partial charge in [-0.1, -0.05) is 0 Å². The molecule has 10 heteroatoms. The fourth-order valence-corrected chi connectivity index (χ4v) is 1.30. The molecule has 0 aromatic carbocycles. The maximum atomic E-state index is 12.1. The van der Waals surface area contributed by atoms with Crippen LogP contribution in [-0.2, 0) is 5.88 Å². The molecule has 0 unspecified atom stereocenters. The summed E-state index contributed by atoms with van der Waals surface area (Å²) >= 11 is 5.46. The minimum absolute atomic E-state index is 0.0454. The Hall–Kier alpha value is -1.77. The van der Waals surface area contributed by atoms with Crippen LogP contribution in [-0.4, -0.2) is 23.4 Å². The van der Waals surface area contributed by atoms with Gasteiger partial charge >= 0.3 is 18.1 Å². The van der Waals surface area contributed by atoms with E-state index in [1.807, 2.05) is 0 Å². The predicted molar refractivity (Wildman–Crippen MR) is 53.7 cm³/mol. The average molecular weight is 287 g/mol. The van der Waals surface area contributed by atoms with Crippen molar-refractivity contribution in [1.29, 1.82) is 0 Å². The first kappa shape index (κ1) is 14.3. The van der Waals surface area contributed by atoms with E-state index in [0.29, 0.717) is 0 Å². The van der Waals surface area contributed by atoms with Crippen LogP contribution >= 0.6 is 11.6 Å². The normalized spacial score (nSPS) is 11.2. The summed E-state index contributed by atoms with van der Waals surface area (Å²) < 4.78 is 44.4. The lowest BCUT2D eigenvalue weighted by Gasteiger charge is -2.10. The van der Waals surface area contributed by atoms with Crippen molar-refractivity contribution >= 4 is 17.4 Å². The zero-order chi connectivity index (χ0) is 13.9. The van der Waals surface area contributed by atoms with Gasteiger partial charge in [-0.05, 0) is 4.92 Å². The molecule has 1 heterocycles. The minimum Gasteiger partial charge on any atom is -0.463 e. The van der Waals surface area contributed by atoms with Gasteiger partial charge in [-0.15, -0.1) is 24.8 Å². The third-order valence-corrected chi connectivity index (χ3v) is 2.03. The highest BCUT2D eigenvalue weighted by molar-refractivity contribution is 6.17. The van der Waals surface area contributed by atoms with Gasteiger partial charge in [-0.3, -0.25) is 0 Å². The lowest BCUT2D eigenvalue weighted by Crippen LogP contribution is -2.18. The predicted octanol–water partition coefficient (Wildman–Crippen LogP) is 2.64. The van der Waals surface area contributed by atoms with Gasteiger partial charge in [0.15, 0.2) is 0 Å². The highest BCUT2D eigenvalue weighted by atomic mass is 35.5. The van der Waals surface area contributed by atoms with Crippen molar-refractivity contribution < 1.29 is 27.6 Å². The van der Waals surface area contributed by atoms with E-state index in [1.165, 1.54) is 0 Å². The van der Waals surface area contributed by atoms with E-state index in [0.717, 1.165) is 13.2 Å². The molecule has 0 N–H and O–H groups in total. The highest BCUT2D eigenvalue weighted by Gasteiger charge is 2.36. The van der Waals surface area contributed by atoms with E-state index in [1.54, 1.807) is 0 Å². The van der Waals surface area contributed by atoms with Gasteiger partial charge in [-0.2, -0.15) is 0 Å². The molecule has 0 spiro atoms. The summed E-state index contributed by atoms with van der Waals surface area (Å²) in [6, 6.07) is 0.768. The van der Waals surface area contributed by atoms with Crippen molar-refractivity contribution in [3.63, 3.8) is 0 Å². The van der Waals surface area contributed by atoms with Crippen LogP contribution in [0.15, 0.2) is 6.07 Å². The molecule has 18 heavy (non-hydrogen) atoms. The number of methoxy groups -OCH3 is 1. The summed E-state index contributed by atoms with van der Waals surface area (Å²) in [5.41, 5.74) is 0.0454. The smallest absolute Gasteiger partial charge is 0.463 e. The number of hydrogen-bond donors (Lipinski definition) is 0. The van der Waals surface area contributed by atoms with Crippen molar-refractivity contribution in [2.45, 2.75) is 12.2 Å². The summed E-state index contributed by atoms with van der Waals surface area (Å²) in [7, 11) is 1.16. The molecule has 100 valence electrons. The summed E-state index contributed by atoms with van der Waals surface area (Å²) in [4.78, 5) is 12.8. The molecule has 0 saturated heterocycles. The Labute approximate surface area is 103 Å². The van der Waals surface area contributed by atoms with Gasteiger partial charge in [0.1, 0.15) is 0 Å². The van der Waals surface area contributed by atoms with Crippen molar-refractivity contribution in [1.82, 2.24) is 4.98 Å². The number of hydrogen-bond acceptors (Lipinski definition) is 5. The molecular weight excluding hydrogens is 281 g/mol. The molecule has 0 bridgehead atoms. The maximum absolute atomic E-state index is 12.1. The average Bonchev–Trinajstić information content (AvgIpc) is 2.25. The van der Waals surface area contributed by atoms with Crippen LogP contribution in [0.1, 0.15) is 5.56 Å². The molecule has 6 nitrogen and oxygen atoms in total. The van der Waals surface area contributed by atoms with E-state index < -0.39 is 22.9 Å². The van der Waals surface area contributed by atoms with Gasteiger partial charge in [-0.25, -0.2) is 0 Å². The van der Waals surface area contributed by atoms with Crippen LogP contribution in [0.2, 0.25) is 0 Å². The molecule has 0 aliphatic rings. The summed E-state index contributed by atoms with van der Waals surface area (Å²) in [5.74, 6) is -2.60. The number of halogens is 4. The fourth-order valence-electron chi connectivity index (χ4n) is 1.11. The Morgan fingerprint density at radius 1 is 1.56 bits per heavy atom. The monoisotopic (exact) mass is 286 g/mol. The summed E-state index contributed by atoms with van der Waals surface area (Å²) in [5, 5.41) is 10.6. The van der Waals surface area contributed by atoms with E-state index in [2.05, 4.69) is 14.5 Å². The van der Waals surface area contributed by atoms with Gasteiger partial charge in [0.25, 0.3) is 0 Å². The highest BCUT2D eigenvalue weighted by Crippen LogP contribution is 2.35. The van der Waals surface area contributed by atoms with E-state index in [4.69, 9.17) is 11.6 Å². The number of ether oxygens (including phenoxy) is 2. The Balaban J connectivity index is 3.33. The number of rotatable bonds is 4. The number of nitrogens with zero attached hydrogens (tertiary/aromatic N) is 2. The molecule has 0 aliphatic heterocycles. The molecule has 0 radical (unpaired) electrons. The number of aromatic nitrogens is 1. The molecule has 0 fully saturated rings. The zero-order valence-corrected chi connectivity index (χ0v) is 9.58. The van der Waals surface area contributed by atoms with Gasteiger partial charge in [0, 0.05) is 11.1 Å². The Kier molecular flexibility index (Phi) is 4.17. The van der Waals surface area contributed by atoms with E-state index in [-0.39, 0.29) is 17.3 Å². The standard InChI is InChI=1S/C8H6ClF3N2O4/c1-17-7-4(3-9)2-5(18-8(10,11)12)6(13-7)14(15)16/h2H,3H2,1H3. The Morgan fingerprint density at radius 3 is 2.56 bits per heavy atom. The van der Waals surface area contributed by atoms with Crippen LogP contribution < -0.4 is 9.47 Å². The van der Waals surface area contributed by atoms with Crippen molar-refractivity contribution in [3.8, 4) is 11.6 Å². The minimum atomic E-state index is -5.06. The van der Waals surface area contributed by atoms with Gasteiger partial charge in [0.05, 0.1) is 18.6 Å². The van der Waals surface area contributed by atoms with Gasteiger partial charge in [0.2, 0.25) is 5.75 Å². The third-order valence-electron chi connectivity index (χ3n) is 1.74. The van der Waals surface area contributed by atoms with Crippen molar-refractivity contribution in [2.75, 3.05) is 7.11 Å². The number of nitro groups is 1. The first-order valence-electron chi connectivity index (χ1n) is 4.32. The summed E-state index contributed by atoms with van der Waals surface area (Å²) in [6.07, 6.45) is -5.06. The molecular formula is C8H6ClF3N2O4.